The van der Waals surface area contributed by atoms with Gasteiger partial charge in [0, 0.05) is 34.8 Å². The molecule has 0 aromatic carbocycles. The lowest BCUT2D eigenvalue weighted by atomic mass is 10.2. The van der Waals surface area contributed by atoms with Gasteiger partial charge in [0.05, 0.1) is 0 Å². The first-order valence-electron chi connectivity index (χ1n) is 3.42. The van der Waals surface area contributed by atoms with Crippen molar-refractivity contribution in [2.75, 3.05) is 18.1 Å². The van der Waals surface area contributed by atoms with Crippen LogP contribution >= 0.6 is 0 Å². The van der Waals surface area contributed by atoms with E-state index in [4.69, 9.17) is 11.5 Å². The van der Waals surface area contributed by atoms with Gasteiger partial charge in [0.2, 0.25) is 5.91 Å². The van der Waals surface area contributed by atoms with Crippen LogP contribution in [0.25, 0.3) is 0 Å². The summed E-state index contributed by atoms with van der Waals surface area (Å²) in [7, 11) is -0.997. The fraction of sp³-hybridized carbons (Fsp3) is 0.833. The highest BCUT2D eigenvalue weighted by Gasteiger charge is 2.11. The number of rotatable bonds is 5. The maximum Gasteiger partial charge on any atom is 0.221 e. The zero-order chi connectivity index (χ0) is 8.85. The van der Waals surface area contributed by atoms with E-state index in [1.807, 2.05) is 0 Å². The second-order valence-electron chi connectivity index (χ2n) is 2.40. The van der Waals surface area contributed by atoms with Gasteiger partial charge in [-0.05, 0) is 0 Å². The number of carbonyl (C=O) groups is 1. The molecule has 0 heterocycles. The average Bonchev–Trinajstić information content (AvgIpc) is 1.87. The maximum atomic E-state index is 11.0. The molecule has 0 saturated carbocycles. The number of primary amides is 1. The molecule has 1 amide bonds. The highest BCUT2D eigenvalue weighted by atomic mass is 32.2. The van der Waals surface area contributed by atoms with Crippen molar-refractivity contribution in [3.05, 3.63) is 0 Å². The lowest BCUT2D eigenvalue weighted by molar-refractivity contribution is -0.120. The minimum Gasteiger partial charge on any atom is -0.369 e. The van der Waals surface area contributed by atoms with Crippen LogP contribution in [0.1, 0.15) is 6.92 Å². The SMILES string of the molecule is CC(CS(=O)CCN)C(N)=O. The average molecular weight is 178 g/mol. The van der Waals surface area contributed by atoms with Gasteiger partial charge < -0.3 is 11.5 Å². The second-order valence-corrected chi connectivity index (χ2v) is 4.02. The van der Waals surface area contributed by atoms with Crippen molar-refractivity contribution >= 4 is 16.7 Å². The van der Waals surface area contributed by atoms with Crippen LogP contribution in [0.3, 0.4) is 0 Å². The zero-order valence-electron chi connectivity index (χ0n) is 6.58. The van der Waals surface area contributed by atoms with Crippen LogP contribution in [-0.4, -0.2) is 28.2 Å². The van der Waals surface area contributed by atoms with Crippen molar-refractivity contribution in [3.63, 3.8) is 0 Å². The maximum absolute atomic E-state index is 11.0. The molecule has 5 heteroatoms. The Hall–Kier alpha value is -0.420. The van der Waals surface area contributed by atoms with E-state index in [1.165, 1.54) is 0 Å². The van der Waals surface area contributed by atoms with Crippen LogP contribution in [0.2, 0.25) is 0 Å². The van der Waals surface area contributed by atoms with E-state index in [1.54, 1.807) is 6.92 Å². The Morgan fingerprint density at radius 3 is 2.55 bits per heavy atom. The van der Waals surface area contributed by atoms with E-state index >= 15 is 0 Å². The molecule has 0 aromatic rings. The molecular formula is C6H14N2O2S. The van der Waals surface area contributed by atoms with Crippen LogP contribution in [-0.2, 0) is 15.6 Å². The Morgan fingerprint density at radius 2 is 2.18 bits per heavy atom. The summed E-state index contributed by atoms with van der Waals surface area (Å²) in [5, 5.41) is 0. The van der Waals surface area contributed by atoms with Gasteiger partial charge in [-0.15, -0.1) is 0 Å². The number of hydrogen-bond donors (Lipinski definition) is 2. The molecule has 4 N–H and O–H groups in total. The molecule has 66 valence electrons. The lowest BCUT2D eigenvalue weighted by Gasteiger charge is -2.04. The van der Waals surface area contributed by atoms with E-state index in [2.05, 4.69) is 0 Å². The highest BCUT2D eigenvalue weighted by molar-refractivity contribution is 7.85. The Labute approximate surface area is 68.8 Å². The van der Waals surface area contributed by atoms with Crippen molar-refractivity contribution in [3.8, 4) is 0 Å². The summed E-state index contributed by atoms with van der Waals surface area (Å²) in [6.07, 6.45) is 0. The van der Waals surface area contributed by atoms with Gasteiger partial charge in [0.25, 0.3) is 0 Å². The summed E-state index contributed by atoms with van der Waals surface area (Å²) in [4.78, 5) is 10.5. The zero-order valence-corrected chi connectivity index (χ0v) is 7.39. The molecule has 2 atom stereocenters. The summed E-state index contributed by atoms with van der Waals surface area (Å²) in [6.45, 7) is 2.05. The van der Waals surface area contributed by atoms with Gasteiger partial charge in [-0.25, -0.2) is 0 Å². The number of carbonyl (C=O) groups excluding carboxylic acids is 1. The van der Waals surface area contributed by atoms with Crippen molar-refractivity contribution in [2.45, 2.75) is 6.92 Å². The normalized spacial score (nSPS) is 15.8. The minimum atomic E-state index is -0.997. The predicted molar refractivity (Wildman–Crippen MR) is 45.3 cm³/mol. The Morgan fingerprint density at radius 1 is 1.64 bits per heavy atom. The fourth-order valence-corrected chi connectivity index (χ4v) is 1.73. The monoisotopic (exact) mass is 178 g/mol. The van der Waals surface area contributed by atoms with Gasteiger partial charge in [0.15, 0.2) is 0 Å². The van der Waals surface area contributed by atoms with E-state index in [0.29, 0.717) is 18.1 Å². The molecule has 11 heavy (non-hydrogen) atoms. The molecule has 0 aromatic heterocycles. The standard InChI is InChI=1S/C6H14N2O2S/c1-5(6(8)9)4-11(10)3-2-7/h5H,2-4,7H2,1H3,(H2,8,9). The molecule has 0 spiro atoms. The van der Waals surface area contributed by atoms with Gasteiger partial charge in [-0.3, -0.25) is 9.00 Å². The summed E-state index contributed by atoms with van der Waals surface area (Å²) in [5.74, 6) is 0.0437. The largest absolute Gasteiger partial charge is 0.369 e. The molecule has 4 nitrogen and oxygen atoms in total. The van der Waals surface area contributed by atoms with E-state index in [9.17, 15) is 9.00 Å². The van der Waals surface area contributed by atoms with Crippen molar-refractivity contribution in [1.29, 1.82) is 0 Å². The summed E-state index contributed by atoms with van der Waals surface area (Å²) in [5.41, 5.74) is 10.1. The van der Waals surface area contributed by atoms with Crippen molar-refractivity contribution in [2.24, 2.45) is 17.4 Å². The molecular weight excluding hydrogens is 164 g/mol. The van der Waals surface area contributed by atoms with Crippen LogP contribution in [0.5, 0.6) is 0 Å². The highest BCUT2D eigenvalue weighted by Crippen LogP contribution is 1.96. The quantitative estimate of drug-likeness (QED) is 0.555. The first kappa shape index (κ1) is 10.6. The van der Waals surface area contributed by atoms with Gasteiger partial charge >= 0.3 is 0 Å². The third kappa shape index (κ3) is 4.92. The second kappa shape index (κ2) is 5.26. The summed E-state index contributed by atoms with van der Waals surface area (Å²) >= 11 is 0. The molecule has 0 rings (SSSR count). The molecule has 0 bridgehead atoms. The number of hydrogen-bond acceptors (Lipinski definition) is 3. The molecule has 2 unspecified atom stereocenters. The van der Waals surface area contributed by atoms with Crippen LogP contribution in [0.4, 0.5) is 0 Å². The third-order valence-corrected chi connectivity index (χ3v) is 2.83. The predicted octanol–water partition coefficient (Wildman–Crippen LogP) is -1.18. The first-order valence-corrected chi connectivity index (χ1v) is 4.91. The Bertz CT molecular complexity index is 161. The van der Waals surface area contributed by atoms with E-state index < -0.39 is 16.7 Å². The van der Waals surface area contributed by atoms with Crippen molar-refractivity contribution in [1.82, 2.24) is 0 Å². The topological polar surface area (TPSA) is 86.2 Å². The third-order valence-electron chi connectivity index (χ3n) is 1.27. The van der Waals surface area contributed by atoms with Crippen LogP contribution in [0.15, 0.2) is 0 Å². The molecule has 0 radical (unpaired) electrons. The Balaban J connectivity index is 3.66. The smallest absolute Gasteiger partial charge is 0.221 e. The van der Waals surface area contributed by atoms with Gasteiger partial charge in [-0.1, -0.05) is 6.92 Å². The number of amides is 1. The summed E-state index contributed by atoms with van der Waals surface area (Å²) in [6, 6.07) is 0. The van der Waals surface area contributed by atoms with E-state index in [-0.39, 0.29) is 5.92 Å². The van der Waals surface area contributed by atoms with Gasteiger partial charge in [0.1, 0.15) is 0 Å². The molecule has 0 fully saturated rings. The van der Waals surface area contributed by atoms with E-state index in [0.717, 1.165) is 0 Å². The molecule has 0 aliphatic carbocycles. The number of nitrogens with two attached hydrogens (primary N) is 2. The molecule has 0 aliphatic heterocycles. The fourth-order valence-electron chi connectivity index (χ4n) is 0.576. The first-order chi connectivity index (χ1) is 5.07. The molecule has 0 aliphatic rings. The van der Waals surface area contributed by atoms with Gasteiger partial charge in [-0.2, -0.15) is 0 Å². The minimum absolute atomic E-state index is 0.317. The molecule has 0 saturated heterocycles. The summed E-state index contributed by atoms with van der Waals surface area (Å²) < 4.78 is 11.0. The van der Waals surface area contributed by atoms with Crippen molar-refractivity contribution < 1.29 is 9.00 Å². The lowest BCUT2D eigenvalue weighted by Crippen LogP contribution is -2.27. The van der Waals surface area contributed by atoms with Crippen LogP contribution < -0.4 is 11.5 Å². The Kier molecular flexibility index (Phi) is 5.06. The van der Waals surface area contributed by atoms with Crippen LogP contribution in [0, 0.1) is 5.92 Å².